The van der Waals surface area contributed by atoms with Crippen LogP contribution >= 0.6 is 0 Å². The first kappa shape index (κ1) is 21.9. The number of carboxylic acids is 1. The van der Waals surface area contributed by atoms with Crippen LogP contribution in [0.1, 0.15) is 43.2 Å². The summed E-state index contributed by atoms with van der Waals surface area (Å²) in [7, 11) is 0. The van der Waals surface area contributed by atoms with Crippen LogP contribution in [0.25, 0.3) is 11.1 Å². The Labute approximate surface area is 187 Å². The van der Waals surface area contributed by atoms with E-state index in [1.165, 1.54) is 0 Å². The molecule has 2 aliphatic rings. The topological polar surface area (TPSA) is 95.9 Å². The number of ether oxygens (including phenoxy) is 1. The maximum absolute atomic E-state index is 12.7. The van der Waals surface area contributed by atoms with E-state index < -0.39 is 18.1 Å². The molecule has 7 heteroatoms. The van der Waals surface area contributed by atoms with Gasteiger partial charge in [0.2, 0.25) is 5.91 Å². The lowest BCUT2D eigenvalue weighted by Crippen LogP contribution is -2.46. The molecule has 0 radical (unpaired) electrons. The smallest absolute Gasteiger partial charge is 0.407 e. The molecule has 7 nitrogen and oxygen atoms in total. The van der Waals surface area contributed by atoms with Crippen LogP contribution in [-0.2, 0) is 14.3 Å². The van der Waals surface area contributed by atoms with Crippen molar-refractivity contribution in [2.75, 3.05) is 19.7 Å². The van der Waals surface area contributed by atoms with Gasteiger partial charge in [0.1, 0.15) is 12.6 Å². The molecule has 1 aliphatic carbocycles. The Hall–Kier alpha value is -3.35. The number of nitrogens with zero attached hydrogens (tertiary/aromatic N) is 1. The number of carbonyl (C=O) groups excluding carboxylic acids is 2. The number of aliphatic carboxylic acids is 1. The van der Waals surface area contributed by atoms with E-state index >= 15 is 0 Å². The molecule has 168 valence electrons. The van der Waals surface area contributed by atoms with E-state index in [4.69, 9.17) is 9.84 Å². The fourth-order valence-corrected chi connectivity index (χ4v) is 4.75. The Kier molecular flexibility index (Phi) is 6.44. The highest BCUT2D eigenvalue weighted by Crippen LogP contribution is 2.44. The first-order valence-electron chi connectivity index (χ1n) is 11.1. The van der Waals surface area contributed by atoms with Crippen LogP contribution in [0.15, 0.2) is 48.5 Å². The lowest BCUT2D eigenvalue weighted by atomic mass is 9.98. The Bertz CT molecular complexity index is 975. The number of rotatable bonds is 7. The zero-order valence-electron chi connectivity index (χ0n) is 18.1. The third kappa shape index (κ3) is 4.61. The molecular weight excluding hydrogens is 408 g/mol. The van der Waals surface area contributed by atoms with Crippen LogP contribution < -0.4 is 5.32 Å². The van der Waals surface area contributed by atoms with Crippen molar-refractivity contribution in [1.82, 2.24) is 10.2 Å². The Morgan fingerprint density at radius 2 is 1.72 bits per heavy atom. The van der Waals surface area contributed by atoms with Crippen molar-refractivity contribution in [1.29, 1.82) is 0 Å². The Morgan fingerprint density at radius 3 is 2.34 bits per heavy atom. The Morgan fingerprint density at radius 1 is 1.09 bits per heavy atom. The molecule has 0 aromatic heterocycles. The summed E-state index contributed by atoms with van der Waals surface area (Å²) in [6.07, 6.45) is 0.846. The van der Waals surface area contributed by atoms with Gasteiger partial charge in [0.25, 0.3) is 0 Å². The fourth-order valence-electron chi connectivity index (χ4n) is 4.75. The molecule has 0 bridgehead atoms. The van der Waals surface area contributed by atoms with Gasteiger partial charge in [-0.1, -0.05) is 48.5 Å². The Balaban J connectivity index is 1.30. The third-order valence-corrected chi connectivity index (χ3v) is 6.41. The van der Waals surface area contributed by atoms with Crippen molar-refractivity contribution in [3.8, 4) is 11.1 Å². The van der Waals surface area contributed by atoms with Gasteiger partial charge in [-0.05, 0) is 47.9 Å². The lowest BCUT2D eigenvalue weighted by molar-refractivity contribution is -0.137. The molecule has 4 rings (SSSR count). The van der Waals surface area contributed by atoms with Gasteiger partial charge in [-0.2, -0.15) is 0 Å². The van der Waals surface area contributed by atoms with Crippen molar-refractivity contribution in [2.24, 2.45) is 5.92 Å². The maximum atomic E-state index is 12.7. The first-order valence-corrected chi connectivity index (χ1v) is 11.1. The highest BCUT2D eigenvalue weighted by Gasteiger charge is 2.31. The van der Waals surface area contributed by atoms with Crippen molar-refractivity contribution in [3.63, 3.8) is 0 Å². The molecule has 0 saturated carbocycles. The van der Waals surface area contributed by atoms with E-state index in [0.717, 1.165) is 28.7 Å². The third-order valence-electron chi connectivity index (χ3n) is 6.41. The highest BCUT2D eigenvalue weighted by atomic mass is 16.5. The van der Waals surface area contributed by atoms with Crippen LogP contribution in [0, 0.1) is 5.92 Å². The van der Waals surface area contributed by atoms with Gasteiger partial charge in [0, 0.05) is 25.4 Å². The molecule has 2 aromatic carbocycles. The summed E-state index contributed by atoms with van der Waals surface area (Å²) in [5, 5.41) is 11.5. The minimum Gasteiger partial charge on any atom is -0.481 e. The van der Waals surface area contributed by atoms with Crippen LogP contribution in [-0.4, -0.2) is 53.7 Å². The number of alkyl carbamates (subject to hydrolysis) is 1. The normalized spacial score (nSPS) is 18.0. The van der Waals surface area contributed by atoms with Gasteiger partial charge in [0.05, 0.1) is 0 Å². The monoisotopic (exact) mass is 436 g/mol. The zero-order valence-corrected chi connectivity index (χ0v) is 18.1. The average molecular weight is 437 g/mol. The van der Waals surface area contributed by atoms with Crippen LogP contribution in [0.2, 0.25) is 0 Å². The molecular formula is C25H28N2O5. The highest BCUT2D eigenvalue weighted by molar-refractivity contribution is 5.85. The quantitative estimate of drug-likeness (QED) is 0.691. The SMILES string of the molecule is C[C@H](NC(=O)OCC1c2ccccc2-c2ccccc21)C(=O)N1CCC(CCC(=O)O)C1. The number of carbonyl (C=O) groups is 3. The van der Waals surface area contributed by atoms with E-state index in [-0.39, 0.29) is 30.8 Å². The molecule has 2 aromatic rings. The second-order valence-corrected chi connectivity index (χ2v) is 8.56. The summed E-state index contributed by atoms with van der Waals surface area (Å²) >= 11 is 0. The van der Waals surface area contributed by atoms with Gasteiger partial charge >= 0.3 is 12.1 Å². The van der Waals surface area contributed by atoms with Crippen LogP contribution in [0.5, 0.6) is 0 Å². The number of carboxylic acid groups (broad SMARTS) is 1. The minimum absolute atomic E-state index is 0.0345. The van der Waals surface area contributed by atoms with Gasteiger partial charge in [-0.25, -0.2) is 4.79 Å². The minimum atomic E-state index is -0.819. The lowest BCUT2D eigenvalue weighted by Gasteiger charge is -2.22. The largest absolute Gasteiger partial charge is 0.481 e. The van der Waals surface area contributed by atoms with E-state index in [1.807, 2.05) is 24.3 Å². The van der Waals surface area contributed by atoms with Gasteiger partial charge in [-0.3, -0.25) is 9.59 Å². The summed E-state index contributed by atoms with van der Waals surface area (Å²) < 4.78 is 5.52. The molecule has 1 fully saturated rings. The maximum Gasteiger partial charge on any atom is 0.407 e. The summed E-state index contributed by atoms with van der Waals surface area (Å²) in [6, 6.07) is 15.5. The molecule has 0 spiro atoms. The molecule has 1 saturated heterocycles. The number of fused-ring (bicyclic) bond motifs is 3. The zero-order chi connectivity index (χ0) is 22.7. The molecule has 1 heterocycles. The average Bonchev–Trinajstić information content (AvgIpc) is 3.39. The van der Waals surface area contributed by atoms with Gasteiger partial charge in [0.15, 0.2) is 0 Å². The molecule has 2 atom stereocenters. The summed E-state index contributed by atoms with van der Waals surface area (Å²) in [6.45, 7) is 2.96. The summed E-state index contributed by atoms with van der Waals surface area (Å²) in [5.74, 6) is -0.833. The second-order valence-electron chi connectivity index (χ2n) is 8.56. The van der Waals surface area contributed by atoms with E-state index in [0.29, 0.717) is 19.5 Å². The van der Waals surface area contributed by atoms with Gasteiger partial charge in [-0.15, -0.1) is 0 Å². The van der Waals surface area contributed by atoms with Crippen molar-refractivity contribution in [3.05, 3.63) is 59.7 Å². The predicted molar refractivity (Wildman–Crippen MR) is 119 cm³/mol. The van der Waals surface area contributed by atoms with Crippen LogP contribution in [0.4, 0.5) is 4.79 Å². The van der Waals surface area contributed by atoms with E-state index in [1.54, 1.807) is 11.8 Å². The first-order chi connectivity index (χ1) is 15.4. The van der Waals surface area contributed by atoms with Crippen LogP contribution in [0.3, 0.4) is 0 Å². The van der Waals surface area contributed by atoms with E-state index in [2.05, 4.69) is 29.6 Å². The van der Waals surface area contributed by atoms with Gasteiger partial charge < -0.3 is 20.1 Å². The standard InChI is InChI=1S/C25H28N2O5/c1-16(24(30)27-13-12-17(14-27)10-11-23(28)29)26-25(31)32-15-22-20-8-4-2-6-18(20)19-7-3-5-9-21(19)22/h2-9,16-17,22H,10-15H2,1H3,(H,26,31)(H,28,29)/t16-,17?/m0/s1. The molecule has 2 N–H and O–H groups in total. The number of hydrogen-bond acceptors (Lipinski definition) is 4. The number of amides is 2. The molecule has 1 aliphatic heterocycles. The molecule has 2 amide bonds. The molecule has 32 heavy (non-hydrogen) atoms. The number of benzene rings is 2. The molecule has 1 unspecified atom stereocenters. The number of likely N-dealkylation sites (tertiary alicyclic amines) is 1. The summed E-state index contributed by atoms with van der Waals surface area (Å²) in [4.78, 5) is 37.6. The van der Waals surface area contributed by atoms with Crippen molar-refractivity contribution >= 4 is 18.0 Å². The fraction of sp³-hybridized carbons (Fsp3) is 0.400. The van der Waals surface area contributed by atoms with Crippen molar-refractivity contribution in [2.45, 2.75) is 38.1 Å². The van der Waals surface area contributed by atoms with E-state index in [9.17, 15) is 14.4 Å². The summed E-state index contributed by atoms with van der Waals surface area (Å²) in [5.41, 5.74) is 4.59. The number of hydrogen-bond donors (Lipinski definition) is 2. The second kappa shape index (κ2) is 9.42. The predicted octanol–water partition coefficient (Wildman–Crippen LogP) is 3.63. The number of nitrogens with one attached hydrogen (secondary N) is 1. The van der Waals surface area contributed by atoms with Crippen molar-refractivity contribution < 1.29 is 24.2 Å².